The number of aliphatic hydroxyl groups excluding tert-OH is 1. The Balaban J connectivity index is 1.98. The van der Waals surface area contributed by atoms with Crippen molar-refractivity contribution in [2.24, 2.45) is 5.92 Å². The Morgan fingerprint density at radius 1 is 1.05 bits per heavy atom. The number of rotatable bonds is 7. The van der Waals surface area contributed by atoms with Crippen LogP contribution in [0.15, 0.2) is 18.2 Å². The van der Waals surface area contributed by atoms with Crippen LogP contribution >= 0.6 is 0 Å². The van der Waals surface area contributed by atoms with E-state index in [-0.39, 0.29) is 6.10 Å². The van der Waals surface area contributed by atoms with Gasteiger partial charge in [-0.2, -0.15) is 0 Å². The molecule has 1 heteroatoms. The molecule has 0 saturated heterocycles. The van der Waals surface area contributed by atoms with Crippen LogP contribution in [0.5, 0.6) is 0 Å². The van der Waals surface area contributed by atoms with Gasteiger partial charge >= 0.3 is 0 Å². The zero-order chi connectivity index (χ0) is 13.7. The normalized spacial score (nSPS) is 15.8. The predicted molar refractivity (Wildman–Crippen MR) is 81.5 cm³/mol. The third kappa shape index (κ3) is 3.82. The fraction of sp³-hybridized carbons (Fsp3) is 0.667. The quantitative estimate of drug-likeness (QED) is 0.775. The smallest absolute Gasteiger partial charge is 0.0608 e. The second-order valence-corrected chi connectivity index (χ2v) is 6.07. The Bertz CT molecular complexity index is 391. The third-order valence-electron chi connectivity index (χ3n) is 4.47. The minimum absolute atomic E-state index is 0.167. The van der Waals surface area contributed by atoms with Crippen molar-refractivity contribution in [3.8, 4) is 0 Å². The van der Waals surface area contributed by atoms with E-state index in [1.54, 1.807) is 0 Å². The maximum absolute atomic E-state index is 10.5. The molecule has 1 aromatic carbocycles. The molecule has 106 valence electrons. The number of benzene rings is 1. The molecule has 0 radical (unpaired) electrons. The molecule has 1 atom stereocenters. The molecule has 1 aliphatic rings. The van der Waals surface area contributed by atoms with E-state index in [1.807, 2.05) is 0 Å². The fourth-order valence-electron chi connectivity index (χ4n) is 3.43. The lowest BCUT2D eigenvalue weighted by Gasteiger charge is -2.22. The van der Waals surface area contributed by atoms with Crippen LogP contribution < -0.4 is 0 Å². The molecule has 2 rings (SSSR count). The molecule has 1 N–H and O–H groups in total. The van der Waals surface area contributed by atoms with Gasteiger partial charge in [0.1, 0.15) is 0 Å². The van der Waals surface area contributed by atoms with Gasteiger partial charge in [0.2, 0.25) is 0 Å². The van der Waals surface area contributed by atoms with Crippen molar-refractivity contribution < 1.29 is 5.11 Å². The summed E-state index contributed by atoms with van der Waals surface area (Å²) < 4.78 is 0. The second-order valence-electron chi connectivity index (χ2n) is 6.07. The average molecular weight is 260 g/mol. The van der Waals surface area contributed by atoms with Gasteiger partial charge in [-0.05, 0) is 61.1 Å². The molecule has 0 heterocycles. The molecule has 1 unspecified atom stereocenters. The minimum atomic E-state index is -0.167. The summed E-state index contributed by atoms with van der Waals surface area (Å²) in [5, 5.41) is 10.5. The largest absolute Gasteiger partial charge is 0.392 e. The van der Waals surface area contributed by atoms with Gasteiger partial charge in [-0.3, -0.25) is 0 Å². The van der Waals surface area contributed by atoms with Crippen LogP contribution in [0.2, 0.25) is 0 Å². The van der Waals surface area contributed by atoms with Gasteiger partial charge in [0, 0.05) is 0 Å². The molecule has 0 fully saturated rings. The number of aryl methyl sites for hydroxylation is 2. The average Bonchev–Trinajstić information content (AvgIpc) is 2.86. The van der Waals surface area contributed by atoms with Crippen molar-refractivity contribution in [1.82, 2.24) is 0 Å². The molecular weight excluding hydrogens is 232 g/mol. The Morgan fingerprint density at radius 2 is 1.74 bits per heavy atom. The Kier molecular flexibility index (Phi) is 5.45. The van der Waals surface area contributed by atoms with Crippen LogP contribution in [0.4, 0.5) is 0 Å². The van der Waals surface area contributed by atoms with E-state index >= 15 is 0 Å². The summed E-state index contributed by atoms with van der Waals surface area (Å²) in [7, 11) is 0. The summed E-state index contributed by atoms with van der Waals surface area (Å²) in [6.07, 6.45) is 9.09. The van der Waals surface area contributed by atoms with E-state index in [0.29, 0.717) is 5.92 Å². The van der Waals surface area contributed by atoms with Gasteiger partial charge in [0.05, 0.1) is 6.10 Å². The van der Waals surface area contributed by atoms with E-state index in [9.17, 15) is 5.11 Å². The first-order valence-electron chi connectivity index (χ1n) is 8.03. The first kappa shape index (κ1) is 14.6. The van der Waals surface area contributed by atoms with Crippen molar-refractivity contribution in [3.05, 3.63) is 34.9 Å². The number of fused-ring (bicyclic) bond motifs is 1. The zero-order valence-electron chi connectivity index (χ0n) is 12.5. The molecule has 0 saturated carbocycles. The van der Waals surface area contributed by atoms with E-state index < -0.39 is 0 Å². The molecule has 1 aliphatic carbocycles. The summed E-state index contributed by atoms with van der Waals surface area (Å²) in [5.74, 6) is 0.475. The summed E-state index contributed by atoms with van der Waals surface area (Å²) in [5.41, 5.74) is 4.37. The summed E-state index contributed by atoms with van der Waals surface area (Å²) >= 11 is 0. The van der Waals surface area contributed by atoms with Crippen molar-refractivity contribution in [1.29, 1.82) is 0 Å². The van der Waals surface area contributed by atoms with Crippen molar-refractivity contribution >= 4 is 0 Å². The maximum Gasteiger partial charge on any atom is 0.0608 e. The third-order valence-corrected chi connectivity index (χ3v) is 4.47. The van der Waals surface area contributed by atoms with Crippen LogP contribution in [-0.4, -0.2) is 11.2 Å². The lowest BCUT2D eigenvalue weighted by molar-refractivity contribution is 0.0963. The first-order valence-corrected chi connectivity index (χ1v) is 8.03. The van der Waals surface area contributed by atoms with E-state index in [4.69, 9.17) is 0 Å². The van der Waals surface area contributed by atoms with Crippen molar-refractivity contribution in [3.63, 3.8) is 0 Å². The molecule has 0 aliphatic heterocycles. The number of hydrogen-bond acceptors (Lipinski definition) is 1. The second kappa shape index (κ2) is 7.09. The first-order chi connectivity index (χ1) is 9.24. The zero-order valence-corrected chi connectivity index (χ0v) is 12.5. The SMILES string of the molecule is CCCC(CCC)C(O)Cc1ccc2c(c1)CCC2. The highest BCUT2D eigenvalue weighted by molar-refractivity contribution is 5.35. The standard InChI is InChI=1S/C18H28O/c1-3-6-16(7-4-2)18(19)13-14-10-11-15-8-5-9-17(15)12-14/h10-12,16,18-19H,3-9,13H2,1-2H3. The fourth-order valence-corrected chi connectivity index (χ4v) is 3.43. The van der Waals surface area contributed by atoms with E-state index in [0.717, 1.165) is 19.3 Å². The molecule has 0 amide bonds. The monoisotopic (exact) mass is 260 g/mol. The van der Waals surface area contributed by atoms with E-state index in [2.05, 4.69) is 32.0 Å². The Hall–Kier alpha value is -0.820. The van der Waals surface area contributed by atoms with Gasteiger partial charge in [0.25, 0.3) is 0 Å². The highest BCUT2D eigenvalue weighted by Crippen LogP contribution is 2.25. The van der Waals surface area contributed by atoms with Crippen LogP contribution in [0.25, 0.3) is 0 Å². The molecule has 19 heavy (non-hydrogen) atoms. The highest BCUT2D eigenvalue weighted by Gasteiger charge is 2.19. The molecule has 1 aromatic rings. The summed E-state index contributed by atoms with van der Waals surface area (Å²) in [6, 6.07) is 6.84. The molecule has 1 nitrogen and oxygen atoms in total. The van der Waals surface area contributed by atoms with Crippen molar-refractivity contribution in [2.45, 2.75) is 71.3 Å². The van der Waals surface area contributed by atoms with Gasteiger partial charge in [-0.15, -0.1) is 0 Å². The summed E-state index contributed by atoms with van der Waals surface area (Å²) in [4.78, 5) is 0. The highest BCUT2D eigenvalue weighted by atomic mass is 16.3. The molecule has 0 aromatic heterocycles. The Morgan fingerprint density at radius 3 is 2.42 bits per heavy atom. The van der Waals surface area contributed by atoms with E-state index in [1.165, 1.54) is 48.8 Å². The van der Waals surface area contributed by atoms with Crippen LogP contribution in [-0.2, 0) is 19.3 Å². The topological polar surface area (TPSA) is 20.2 Å². The predicted octanol–water partition coefficient (Wildman–Crippen LogP) is 4.30. The number of hydrogen-bond donors (Lipinski definition) is 1. The lowest BCUT2D eigenvalue weighted by Crippen LogP contribution is -2.23. The molecule has 0 bridgehead atoms. The lowest BCUT2D eigenvalue weighted by atomic mass is 9.88. The summed E-state index contributed by atoms with van der Waals surface area (Å²) in [6.45, 7) is 4.43. The maximum atomic E-state index is 10.5. The van der Waals surface area contributed by atoms with Gasteiger partial charge in [-0.25, -0.2) is 0 Å². The minimum Gasteiger partial charge on any atom is -0.392 e. The van der Waals surface area contributed by atoms with Crippen LogP contribution in [0, 0.1) is 5.92 Å². The molecule has 0 spiro atoms. The van der Waals surface area contributed by atoms with Crippen LogP contribution in [0.1, 0.15) is 62.6 Å². The van der Waals surface area contributed by atoms with Crippen molar-refractivity contribution in [2.75, 3.05) is 0 Å². The Labute approximate surface area is 118 Å². The number of aliphatic hydroxyl groups is 1. The van der Waals surface area contributed by atoms with Gasteiger partial charge in [-0.1, -0.05) is 44.9 Å². The van der Waals surface area contributed by atoms with Gasteiger partial charge < -0.3 is 5.11 Å². The van der Waals surface area contributed by atoms with Crippen LogP contribution in [0.3, 0.4) is 0 Å². The molecular formula is C18H28O. The van der Waals surface area contributed by atoms with Gasteiger partial charge in [0.15, 0.2) is 0 Å².